The van der Waals surface area contributed by atoms with Crippen LogP contribution in [0.15, 0.2) is 53.6 Å². The van der Waals surface area contributed by atoms with Crippen molar-refractivity contribution in [1.82, 2.24) is 29.3 Å². The Labute approximate surface area is 226 Å². The number of benzene rings is 2. The van der Waals surface area contributed by atoms with E-state index < -0.39 is 0 Å². The molecule has 6 aromatic rings. The molecule has 39 heavy (non-hydrogen) atoms. The van der Waals surface area contributed by atoms with Gasteiger partial charge in [-0.25, -0.2) is 19.6 Å². The summed E-state index contributed by atoms with van der Waals surface area (Å²) in [4.78, 5) is 38.4. The minimum atomic E-state index is -0.169. The summed E-state index contributed by atoms with van der Waals surface area (Å²) < 4.78 is 4.64. The van der Waals surface area contributed by atoms with Crippen LogP contribution in [-0.2, 0) is 11.3 Å². The first-order valence-corrected chi connectivity index (χ1v) is 13.5. The standard InChI is InChI=1S/C28H24N8O2S/c1-14-4-3-5-16-10-19(36(18-7-8-18)27(38)22(14)16)12-35-26-23(25(29)30-13-31-26)24(34-35)17-6-9-20-21(11-17)39-28(33-20)32-15(2)37/h3-6,9-11,13,18H,7-8,12H2,1-2H3,(H2,29,30,31)(H,32,33,37). The number of thiazole rings is 1. The van der Waals surface area contributed by atoms with Gasteiger partial charge in [0.25, 0.3) is 5.56 Å². The number of aromatic nitrogens is 6. The average Bonchev–Trinajstić information content (AvgIpc) is 3.54. The van der Waals surface area contributed by atoms with Gasteiger partial charge in [0, 0.05) is 24.2 Å². The second-order valence-corrected chi connectivity index (χ2v) is 11.0. The quantitative estimate of drug-likeness (QED) is 0.328. The zero-order valence-electron chi connectivity index (χ0n) is 21.3. The Morgan fingerprint density at radius 1 is 1.15 bits per heavy atom. The van der Waals surface area contributed by atoms with E-state index in [1.807, 2.05) is 47.9 Å². The lowest BCUT2D eigenvalue weighted by atomic mass is 10.1. The van der Waals surface area contributed by atoms with E-state index in [0.29, 0.717) is 34.2 Å². The van der Waals surface area contributed by atoms with Crippen molar-refractivity contribution in [1.29, 1.82) is 0 Å². The lowest BCUT2D eigenvalue weighted by molar-refractivity contribution is -0.114. The first-order chi connectivity index (χ1) is 18.9. The summed E-state index contributed by atoms with van der Waals surface area (Å²) in [6.45, 7) is 3.79. The van der Waals surface area contributed by atoms with Gasteiger partial charge in [-0.1, -0.05) is 35.6 Å². The minimum Gasteiger partial charge on any atom is -0.383 e. The van der Waals surface area contributed by atoms with Gasteiger partial charge in [0.2, 0.25) is 5.91 Å². The van der Waals surface area contributed by atoms with E-state index in [2.05, 4.69) is 26.3 Å². The number of nitrogens with zero attached hydrogens (tertiary/aromatic N) is 6. The number of hydrogen-bond donors (Lipinski definition) is 2. The number of nitrogen functional groups attached to an aromatic ring is 1. The maximum atomic E-state index is 13.6. The molecule has 0 radical (unpaired) electrons. The van der Waals surface area contributed by atoms with Crippen molar-refractivity contribution in [2.45, 2.75) is 39.3 Å². The molecule has 0 spiro atoms. The summed E-state index contributed by atoms with van der Waals surface area (Å²) in [5, 5.41) is 10.6. The Morgan fingerprint density at radius 3 is 2.79 bits per heavy atom. The number of nitrogens with one attached hydrogen (secondary N) is 1. The number of fused-ring (bicyclic) bond motifs is 3. The molecule has 1 fully saturated rings. The fourth-order valence-electron chi connectivity index (χ4n) is 5.23. The van der Waals surface area contributed by atoms with Crippen LogP contribution in [0.25, 0.3) is 43.3 Å². The van der Waals surface area contributed by atoms with Crippen LogP contribution in [0.4, 0.5) is 10.9 Å². The molecule has 194 valence electrons. The molecule has 3 N–H and O–H groups in total. The van der Waals surface area contributed by atoms with Crippen LogP contribution in [-0.4, -0.2) is 35.2 Å². The number of nitrogens with two attached hydrogens (primary N) is 1. The Bertz CT molecular complexity index is 2020. The number of pyridine rings is 1. The molecule has 2 aromatic carbocycles. The molecule has 0 bridgehead atoms. The molecular formula is C28H24N8O2S. The first kappa shape index (κ1) is 23.5. The van der Waals surface area contributed by atoms with Crippen molar-refractivity contribution >= 4 is 60.2 Å². The van der Waals surface area contributed by atoms with Gasteiger partial charge in [0.05, 0.1) is 27.5 Å². The monoisotopic (exact) mass is 536 g/mol. The lowest BCUT2D eigenvalue weighted by Gasteiger charge is -2.15. The summed E-state index contributed by atoms with van der Waals surface area (Å²) in [7, 11) is 0. The van der Waals surface area contributed by atoms with Gasteiger partial charge < -0.3 is 15.6 Å². The van der Waals surface area contributed by atoms with Crippen molar-refractivity contribution in [3.63, 3.8) is 0 Å². The average molecular weight is 537 g/mol. The molecule has 0 saturated heterocycles. The number of aryl methyl sites for hydroxylation is 1. The first-order valence-electron chi connectivity index (χ1n) is 12.7. The van der Waals surface area contributed by atoms with E-state index in [1.54, 1.807) is 4.68 Å². The highest BCUT2D eigenvalue weighted by Crippen LogP contribution is 2.37. The van der Waals surface area contributed by atoms with E-state index in [4.69, 9.17) is 10.8 Å². The molecule has 1 saturated carbocycles. The SMILES string of the molecule is CC(=O)Nc1nc2ccc(-c3nn(Cc4cc5cccc(C)c5c(=O)n4C4CC4)c4ncnc(N)c34)cc2s1. The van der Waals surface area contributed by atoms with Crippen LogP contribution in [0.5, 0.6) is 0 Å². The van der Waals surface area contributed by atoms with Gasteiger partial charge in [-0.2, -0.15) is 5.10 Å². The number of amides is 1. The third kappa shape index (κ3) is 3.93. The molecule has 1 aliphatic rings. The van der Waals surface area contributed by atoms with Crippen LogP contribution >= 0.6 is 11.3 Å². The summed E-state index contributed by atoms with van der Waals surface area (Å²) in [6.07, 6.45) is 3.41. The largest absolute Gasteiger partial charge is 0.383 e. The molecule has 0 aliphatic heterocycles. The predicted octanol–water partition coefficient (Wildman–Crippen LogP) is 4.65. The molecular weight excluding hydrogens is 512 g/mol. The fraction of sp³-hybridized carbons (Fsp3) is 0.214. The highest BCUT2D eigenvalue weighted by atomic mass is 32.1. The summed E-state index contributed by atoms with van der Waals surface area (Å²) in [5.74, 6) is 0.163. The maximum absolute atomic E-state index is 13.6. The molecule has 11 heteroatoms. The maximum Gasteiger partial charge on any atom is 0.259 e. The van der Waals surface area contributed by atoms with Gasteiger partial charge >= 0.3 is 0 Å². The van der Waals surface area contributed by atoms with E-state index in [1.165, 1.54) is 24.6 Å². The Hall–Kier alpha value is -4.64. The van der Waals surface area contributed by atoms with E-state index in [9.17, 15) is 9.59 Å². The Morgan fingerprint density at radius 2 is 2.00 bits per heavy atom. The fourth-order valence-corrected chi connectivity index (χ4v) is 6.18. The van der Waals surface area contributed by atoms with Gasteiger partial charge in [-0.3, -0.25) is 9.59 Å². The third-order valence-corrected chi connectivity index (χ3v) is 8.03. The Kier molecular flexibility index (Phi) is 5.24. The number of anilines is 2. The van der Waals surface area contributed by atoms with Crippen molar-refractivity contribution in [2.75, 3.05) is 11.1 Å². The number of carbonyl (C=O) groups is 1. The lowest BCUT2D eigenvalue weighted by Crippen LogP contribution is -2.25. The predicted molar refractivity (Wildman–Crippen MR) is 153 cm³/mol. The minimum absolute atomic E-state index is 0.0412. The second kappa shape index (κ2) is 8.70. The normalized spacial score (nSPS) is 13.5. The van der Waals surface area contributed by atoms with E-state index in [0.717, 1.165) is 50.7 Å². The second-order valence-electron chi connectivity index (χ2n) is 9.93. The number of carbonyl (C=O) groups excluding carboxylic acids is 1. The highest BCUT2D eigenvalue weighted by Gasteiger charge is 2.28. The van der Waals surface area contributed by atoms with Gasteiger partial charge in [0.15, 0.2) is 10.8 Å². The Balaban J connectivity index is 1.38. The zero-order valence-corrected chi connectivity index (χ0v) is 22.1. The van der Waals surface area contributed by atoms with E-state index >= 15 is 0 Å². The highest BCUT2D eigenvalue weighted by molar-refractivity contribution is 7.22. The van der Waals surface area contributed by atoms with Crippen LogP contribution in [0.3, 0.4) is 0 Å². The zero-order chi connectivity index (χ0) is 26.8. The van der Waals surface area contributed by atoms with Crippen LogP contribution in [0, 0.1) is 6.92 Å². The van der Waals surface area contributed by atoms with Gasteiger partial charge in [-0.05, 0) is 48.9 Å². The molecule has 4 aromatic heterocycles. The number of rotatable bonds is 5. The molecule has 1 aliphatic carbocycles. The van der Waals surface area contributed by atoms with Crippen molar-refractivity contribution in [2.24, 2.45) is 0 Å². The topological polar surface area (TPSA) is 134 Å². The molecule has 0 atom stereocenters. The molecule has 10 nitrogen and oxygen atoms in total. The molecule has 7 rings (SSSR count). The van der Waals surface area contributed by atoms with Crippen LogP contribution in [0.1, 0.15) is 37.1 Å². The summed E-state index contributed by atoms with van der Waals surface area (Å²) in [5.41, 5.74) is 11.1. The third-order valence-electron chi connectivity index (χ3n) is 7.10. The van der Waals surface area contributed by atoms with Crippen molar-refractivity contribution < 1.29 is 4.79 Å². The smallest absolute Gasteiger partial charge is 0.259 e. The van der Waals surface area contributed by atoms with Crippen molar-refractivity contribution in [3.8, 4) is 11.3 Å². The molecule has 4 heterocycles. The van der Waals surface area contributed by atoms with Gasteiger partial charge in [-0.15, -0.1) is 0 Å². The summed E-state index contributed by atoms with van der Waals surface area (Å²) in [6, 6.07) is 14.0. The van der Waals surface area contributed by atoms with E-state index in [-0.39, 0.29) is 17.5 Å². The summed E-state index contributed by atoms with van der Waals surface area (Å²) >= 11 is 1.39. The van der Waals surface area contributed by atoms with Crippen LogP contribution < -0.4 is 16.6 Å². The van der Waals surface area contributed by atoms with Crippen LogP contribution in [0.2, 0.25) is 0 Å². The van der Waals surface area contributed by atoms with Crippen molar-refractivity contribution in [3.05, 3.63) is 70.4 Å². The van der Waals surface area contributed by atoms with Gasteiger partial charge in [0.1, 0.15) is 17.8 Å². The molecule has 1 amide bonds. The molecule has 0 unspecified atom stereocenters. The number of hydrogen-bond acceptors (Lipinski definition) is 8.